The number of sulfone groups is 1. The van der Waals surface area contributed by atoms with Crippen LogP contribution in [0.4, 0.5) is 13.2 Å². The monoisotopic (exact) mass is 514 g/mol. The van der Waals surface area contributed by atoms with Crippen LogP contribution in [0.1, 0.15) is 56.9 Å². The molecule has 0 fully saturated rings. The van der Waals surface area contributed by atoms with Crippen molar-refractivity contribution in [2.75, 3.05) is 25.2 Å². The standard InChI is InChI=1S/C22H25F3N4O5S/c1-13-9-15(10-28-20(13)34-12-22(23,24)25)14(2)29-11-17-16(21(29)31)5-7-26-18(17)19(30)27-6-4-8-35(3,32)33/h5,7,9-10,14H,4,6,8,11-12H2,1-3H3,(H,27,30). The fourth-order valence-corrected chi connectivity index (χ4v) is 4.34. The Kier molecular flexibility index (Phi) is 7.68. The lowest BCUT2D eigenvalue weighted by Gasteiger charge is -2.25. The van der Waals surface area contributed by atoms with Crippen LogP contribution in [0.5, 0.6) is 5.88 Å². The zero-order chi connectivity index (χ0) is 26.0. The molecule has 35 heavy (non-hydrogen) atoms. The molecule has 1 atom stereocenters. The first kappa shape index (κ1) is 26.4. The highest BCUT2D eigenvalue weighted by Crippen LogP contribution is 2.33. The average molecular weight is 515 g/mol. The van der Waals surface area contributed by atoms with E-state index in [1.165, 1.54) is 23.4 Å². The number of carbonyl (C=O) groups excluding carboxylic acids is 2. The van der Waals surface area contributed by atoms with Crippen LogP contribution in [0.2, 0.25) is 0 Å². The van der Waals surface area contributed by atoms with Crippen LogP contribution >= 0.6 is 0 Å². The largest absolute Gasteiger partial charge is 0.468 e. The Labute approximate surface area is 200 Å². The highest BCUT2D eigenvalue weighted by molar-refractivity contribution is 7.90. The molecule has 13 heteroatoms. The maximum Gasteiger partial charge on any atom is 0.422 e. The second-order valence-electron chi connectivity index (χ2n) is 8.33. The molecule has 0 saturated carbocycles. The topological polar surface area (TPSA) is 119 Å². The predicted molar refractivity (Wildman–Crippen MR) is 120 cm³/mol. The molecule has 190 valence electrons. The van der Waals surface area contributed by atoms with Gasteiger partial charge in [-0.2, -0.15) is 13.2 Å². The minimum absolute atomic E-state index is 0.0646. The van der Waals surface area contributed by atoms with Crippen LogP contribution in [0.3, 0.4) is 0 Å². The van der Waals surface area contributed by atoms with E-state index in [4.69, 9.17) is 4.74 Å². The Morgan fingerprint density at radius 3 is 2.66 bits per heavy atom. The molecule has 0 radical (unpaired) electrons. The first-order valence-electron chi connectivity index (χ1n) is 10.7. The van der Waals surface area contributed by atoms with Crippen molar-refractivity contribution < 1.29 is 35.9 Å². The number of nitrogens with zero attached hydrogens (tertiary/aromatic N) is 3. The number of alkyl halides is 3. The molecule has 3 rings (SSSR count). The van der Waals surface area contributed by atoms with E-state index in [2.05, 4.69) is 15.3 Å². The van der Waals surface area contributed by atoms with Crippen molar-refractivity contribution >= 4 is 21.7 Å². The number of rotatable bonds is 9. The van der Waals surface area contributed by atoms with E-state index in [0.29, 0.717) is 22.3 Å². The normalized spacial score (nSPS) is 14.6. The Hall–Kier alpha value is -3.22. The van der Waals surface area contributed by atoms with Crippen molar-refractivity contribution in [2.24, 2.45) is 0 Å². The summed E-state index contributed by atoms with van der Waals surface area (Å²) in [6.45, 7) is 2.09. The summed E-state index contributed by atoms with van der Waals surface area (Å²) < 4.78 is 64.5. The summed E-state index contributed by atoms with van der Waals surface area (Å²) in [6, 6.07) is 2.62. The number of carbonyl (C=O) groups is 2. The highest BCUT2D eigenvalue weighted by Gasteiger charge is 2.35. The van der Waals surface area contributed by atoms with Gasteiger partial charge in [-0.25, -0.2) is 13.4 Å². The molecular formula is C22H25F3N4O5S. The van der Waals surface area contributed by atoms with E-state index < -0.39 is 34.6 Å². The molecule has 0 bridgehead atoms. The van der Waals surface area contributed by atoms with Crippen LogP contribution in [0.25, 0.3) is 0 Å². The number of pyridine rings is 2. The third-order valence-electron chi connectivity index (χ3n) is 5.44. The van der Waals surface area contributed by atoms with Crippen LogP contribution in [0.15, 0.2) is 24.5 Å². The minimum atomic E-state index is -4.49. The SMILES string of the molecule is Cc1cc(C(C)N2Cc3c(ccnc3C(=O)NCCCS(C)(=O)=O)C2=O)cnc1OCC(F)(F)F. The molecule has 1 N–H and O–H groups in total. The Balaban J connectivity index is 1.72. The van der Waals surface area contributed by atoms with Gasteiger partial charge >= 0.3 is 6.18 Å². The smallest absolute Gasteiger partial charge is 0.422 e. The van der Waals surface area contributed by atoms with E-state index in [9.17, 15) is 31.2 Å². The number of aryl methyl sites for hydroxylation is 1. The first-order chi connectivity index (χ1) is 16.3. The summed E-state index contributed by atoms with van der Waals surface area (Å²) in [4.78, 5) is 35.3. The van der Waals surface area contributed by atoms with Crippen molar-refractivity contribution in [3.8, 4) is 5.88 Å². The van der Waals surface area contributed by atoms with Gasteiger partial charge in [0.1, 0.15) is 15.5 Å². The summed E-state index contributed by atoms with van der Waals surface area (Å²) >= 11 is 0. The van der Waals surface area contributed by atoms with Gasteiger partial charge < -0.3 is 15.0 Å². The molecule has 0 aromatic carbocycles. The van der Waals surface area contributed by atoms with Gasteiger partial charge in [0.15, 0.2) is 6.61 Å². The third kappa shape index (κ3) is 6.68. The summed E-state index contributed by atoms with van der Waals surface area (Å²) in [5.41, 5.74) is 1.82. The molecule has 1 unspecified atom stereocenters. The molecule has 3 heterocycles. The molecule has 0 aliphatic carbocycles. The van der Waals surface area contributed by atoms with E-state index in [-0.39, 0.29) is 42.7 Å². The van der Waals surface area contributed by atoms with Crippen molar-refractivity contribution in [3.63, 3.8) is 0 Å². The van der Waals surface area contributed by atoms with Crippen LogP contribution in [-0.4, -0.2) is 66.4 Å². The van der Waals surface area contributed by atoms with Crippen LogP contribution < -0.4 is 10.1 Å². The number of amides is 2. The maximum atomic E-state index is 13.1. The number of aromatic nitrogens is 2. The number of ether oxygens (including phenoxy) is 1. The van der Waals surface area contributed by atoms with Crippen molar-refractivity contribution in [3.05, 3.63) is 52.5 Å². The van der Waals surface area contributed by atoms with Crippen LogP contribution in [0, 0.1) is 6.92 Å². The molecule has 2 aromatic heterocycles. The summed E-state index contributed by atoms with van der Waals surface area (Å²) in [7, 11) is -3.14. The Morgan fingerprint density at radius 1 is 1.31 bits per heavy atom. The minimum Gasteiger partial charge on any atom is -0.468 e. The fourth-order valence-electron chi connectivity index (χ4n) is 3.67. The van der Waals surface area contributed by atoms with Gasteiger partial charge in [-0.05, 0) is 38.0 Å². The lowest BCUT2D eigenvalue weighted by atomic mass is 10.1. The summed E-state index contributed by atoms with van der Waals surface area (Å²) in [5.74, 6) is -1.05. The van der Waals surface area contributed by atoms with Gasteiger partial charge in [0.25, 0.3) is 11.8 Å². The van der Waals surface area contributed by atoms with Crippen molar-refractivity contribution in [2.45, 2.75) is 39.0 Å². The molecular weight excluding hydrogens is 489 g/mol. The molecule has 2 aromatic rings. The van der Waals surface area contributed by atoms with E-state index in [0.717, 1.165) is 6.26 Å². The lowest BCUT2D eigenvalue weighted by molar-refractivity contribution is -0.154. The molecule has 0 spiro atoms. The van der Waals surface area contributed by atoms with E-state index in [1.54, 1.807) is 19.9 Å². The number of nitrogens with one attached hydrogen (secondary N) is 1. The molecule has 2 amide bonds. The quantitative estimate of drug-likeness (QED) is 0.511. The summed E-state index contributed by atoms with van der Waals surface area (Å²) in [6.07, 6.45) is -0.416. The second kappa shape index (κ2) is 10.2. The number of fused-ring (bicyclic) bond motifs is 1. The van der Waals surface area contributed by atoms with E-state index >= 15 is 0 Å². The molecule has 0 saturated heterocycles. The molecule has 9 nitrogen and oxygen atoms in total. The zero-order valence-corrected chi connectivity index (χ0v) is 20.2. The van der Waals surface area contributed by atoms with Crippen molar-refractivity contribution in [1.82, 2.24) is 20.2 Å². The lowest BCUT2D eigenvalue weighted by Crippen LogP contribution is -2.28. The van der Waals surface area contributed by atoms with Crippen LogP contribution in [-0.2, 0) is 16.4 Å². The number of halogens is 3. The fraction of sp³-hybridized carbons (Fsp3) is 0.455. The maximum absolute atomic E-state index is 13.1. The third-order valence-corrected chi connectivity index (χ3v) is 6.47. The van der Waals surface area contributed by atoms with Crippen molar-refractivity contribution in [1.29, 1.82) is 0 Å². The first-order valence-corrected chi connectivity index (χ1v) is 12.7. The number of hydrogen-bond donors (Lipinski definition) is 1. The second-order valence-corrected chi connectivity index (χ2v) is 10.6. The predicted octanol–water partition coefficient (Wildman–Crippen LogP) is 2.61. The molecule has 1 aliphatic heterocycles. The summed E-state index contributed by atoms with van der Waals surface area (Å²) in [5, 5.41) is 2.63. The van der Waals surface area contributed by atoms with Gasteiger partial charge in [0, 0.05) is 48.4 Å². The van der Waals surface area contributed by atoms with Gasteiger partial charge in [-0.1, -0.05) is 0 Å². The Morgan fingerprint density at radius 2 is 2.03 bits per heavy atom. The number of hydrogen-bond acceptors (Lipinski definition) is 7. The van der Waals surface area contributed by atoms with Gasteiger partial charge in [-0.15, -0.1) is 0 Å². The van der Waals surface area contributed by atoms with Gasteiger partial charge in [0.05, 0.1) is 11.8 Å². The van der Waals surface area contributed by atoms with Gasteiger partial charge in [-0.3, -0.25) is 14.6 Å². The zero-order valence-electron chi connectivity index (χ0n) is 19.3. The van der Waals surface area contributed by atoms with Gasteiger partial charge in [0.2, 0.25) is 5.88 Å². The van der Waals surface area contributed by atoms with E-state index in [1.807, 2.05) is 0 Å². The Bertz CT molecular complexity index is 1230. The highest BCUT2D eigenvalue weighted by atomic mass is 32.2. The molecule has 1 aliphatic rings. The average Bonchev–Trinajstić information content (AvgIpc) is 3.10.